The molecular weight excluding hydrogens is 236 g/mol. The average molecular weight is 248 g/mol. The Labute approximate surface area is 103 Å². The quantitative estimate of drug-likeness (QED) is 0.751. The van der Waals surface area contributed by atoms with Crippen LogP contribution in [0.25, 0.3) is 0 Å². The highest BCUT2D eigenvalue weighted by Crippen LogP contribution is 2.23. The number of hydrogen-bond donors (Lipinski definition) is 0. The predicted molar refractivity (Wildman–Crippen MR) is 61.7 cm³/mol. The molecule has 18 heavy (non-hydrogen) atoms. The van der Waals surface area contributed by atoms with E-state index in [1.54, 1.807) is 25.1 Å². The minimum Gasteiger partial charge on any atom is -0.497 e. The fourth-order valence-corrected chi connectivity index (χ4v) is 1.40. The Morgan fingerprint density at radius 1 is 1.39 bits per heavy atom. The van der Waals surface area contributed by atoms with Crippen LogP contribution in [0.3, 0.4) is 0 Å². The molecule has 6 heteroatoms. The number of aryl methyl sites for hydroxylation is 1. The van der Waals surface area contributed by atoms with Gasteiger partial charge in [-0.2, -0.15) is 0 Å². The molecule has 0 saturated carbocycles. The SMILES string of the molecule is COc1ccc(OCc2nonc2C)c(C=O)c1. The van der Waals surface area contributed by atoms with E-state index in [0.29, 0.717) is 34.7 Å². The molecule has 0 aliphatic carbocycles. The molecule has 0 aliphatic rings. The number of aldehydes is 1. The van der Waals surface area contributed by atoms with Gasteiger partial charge in [0.15, 0.2) is 6.29 Å². The van der Waals surface area contributed by atoms with Gasteiger partial charge in [-0.1, -0.05) is 10.3 Å². The van der Waals surface area contributed by atoms with Crippen LogP contribution < -0.4 is 9.47 Å². The Balaban J connectivity index is 2.14. The van der Waals surface area contributed by atoms with Crippen molar-refractivity contribution in [3.05, 3.63) is 35.2 Å². The molecule has 0 spiro atoms. The molecule has 0 unspecified atom stereocenters. The van der Waals surface area contributed by atoms with E-state index >= 15 is 0 Å². The lowest BCUT2D eigenvalue weighted by Crippen LogP contribution is -2.00. The van der Waals surface area contributed by atoms with Crippen molar-refractivity contribution in [3.63, 3.8) is 0 Å². The van der Waals surface area contributed by atoms with Crippen LogP contribution in [0.1, 0.15) is 21.7 Å². The first-order valence-corrected chi connectivity index (χ1v) is 5.28. The second-order valence-corrected chi connectivity index (χ2v) is 3.61. The van der Waals surface area contributed by atoms with E-state index in [-0.39, 0.29) is 6.61 Å². The molecule has 6 nitrogen and oxygen atoms in total. The van der Waals surface area contributed by atoms with Gasteiger partial charge in [-0.25, -0.2) is 4.63 Å². The number of nitrogens with zero attached hydrogens (tertiary/aromatic N) is 2. The van der Waals surface area contributed by atoms with Crippen LogP contribution in [0.2, 0.25) is 0 Å². The zero-order chi connectivity index (χ0) is 13.0. The number of carbonyl (C=O) groups is 1. The van der Waals surface area contributed by atoms with Crippen LogP contribution in [-0.2, 0) is 6.61 Å². The van der Waals surface area contributed by atoms with Crippen molar-refractivity contribution in [1.29, 1.82) is 0 Å². The molecule has 0 atom stereocenters. The Bertz CT molecular complexity index is 551. The summed E-state index contributed by atoms with van der Waals surface area (Å²) < 4.78 is 15.1. The number of benzene rings is 1. The smallest absolute Gasteiger partial charge is 0.153 e. The van der Waals surface area contributed by atoms with Crippen molar-refractivity contribution in [2.24, 2.45) is 0 Å². The first-order valence-electron chi connectivity index (χ1n) is 5.28. The molecule has 2 aromatic rings. The lowest BCUT2D eigenvalue weighted by atomic mass is 10.2. The topological polar surface area (TPSA) is 74.5 Å². The molecule has 2 rings (SSSR count). The van der Waals surface area contributed by atoms with Crippen molar-refractivity contribution in [3.8, 4) is 11.5 Å². The summed E-state index contributed by atoms with van der Waals surface area (Å²) in [6.45, 7) is 1.96. The summed E-state index contributed by atoms with van der Waals surface area (Å²) in [7, 11) is 1.54. The second-order valence-electron chi connectivity index (χ2n) is 3.61. The highest BCUT2D eigenvalue weighted by molar-refractivity contribution is 5.80. The summed E-state index contributed by atoms with van der Waals surface area (Å²) in [5, 5.41) is 7.34. The number of hydrogen-bond acceptors (Lipinski definition) is 6. The van der Waals surface area contributed by atoms with Crippen molar-refractivity contribution in [1.82, 2.24) is 10.3 Å². The monoisotopic (exact) mass is 248 g/mol. The number of rotatable bonds is 5. The molecule has 1 aromatic heterocycles. The lowest BCUT2D eigenvalue weighted by molar-refractivity contribution is 0.111. The highest BCUT2D eigenvalue weighted by Gasteiger charge is 2.09. The van der Waals surface area contributed by atoms with E-state index in [4.69, 9.17) is 9.47 Å². The first-order chi connectivity index (χ1) is 8.74. The van der Waals surface area contributed by atoms with Crippen molar-refractivity contribution in [2.45, 2.75) is 13.5 Å². The van der Waals surface area contributed by atoms with Gasteiger partial charge >= 0.3 is 0 Å². The maximum Gasteiger partial charge on any atom is 0.153 e. The van der Waals surface area contributed by atoms with Crippen LogP contribution in [0.15, 0.2) is 22.8 Å². The molecule has 0 saturated heterocycles. The molecule has 0 amide bonds. The van der Waals surface area contributed by atoms with Crippen LogP contribution in [0.4, 0.5) is 0 Å². The average Bonchev–Trinajstić information content (AvgIpc) is 2.81. The number of aromatic nitrogens is 2. The summed E-state index contributed by atoms with van der Waals surface area (Å²) >= 11 is 0. The Morgan fingerprint density at radius 2 is 2.22 bits per heavy atom. The van der Waals surface area contributed by atoms with Crippen molar-refractivity contribution in [2.75, 3.05) is 7.11 Å². The zero-order valence-corrected chi connectivity index (χ0v) is 10.0. The Kier molecular flexibility index (Phi) is 3.57. The number of carbonyl (C=O) groups excluding carboxylic acids is 1. The van der Waals surface area contributed by atoms with Crippen LogP contribution in [-0.4, -0.2) is 23.7 Å². The van der Waals surface area contributed by atoms with Gasteiger partial charge in [0, 0.05) is 0 Å². The van der Waals surface area contributed by atoms with Gasteiger partial charge in [0.25, 0.3) is 0 Å². The third kappa shape index (κ3) is 2.48. The Morgan fingerprint density at radius 3 is 2.83 bits per heavy atom. The van der Waals surface area contributed by atoms with Gasteiger partial charge < -0.3 is 9.47 Å². The standard InChI is InChI=1S/C12H12N2O4/c1-8-11(14-18-13-8)7-17-12-4-3-10(16-2)5-9(12)6-15/h3-6H,7H2,1-2H3. The maximum absolute atomic E-state index is 10.9. The molecule has 0 radical (unpaired) electrons. The van der Waals surface area contributed by atoms with E-state index in [0.717, 1.165) is 0 Å². The van der Waals surface area contributed by atoms with E-state index in [9.17, 15) is 4.79 Å². The van der Waals surface area contributed by atoms with Crippen LogP contribution >= 0.6 is 0 Å². The summed E-state index contributed by atoms with van der Waals surface area (Å²) in [4.78, 5) is 10.9. The Hall–Kier alpha value is -2.37. The first kappa shape index (κ1) is 12.1. The molecule has 0 aliphatic heterocycles. The molecule has 1 heterocycles. The van der Waals surface area contributed by atoms with Gasteiger partial charge in [-0.3, -0.25) is 4.79 Å². The molecule has 0 fully saturated rings. The van der Waals surface area contributed by atoms with E-state index in [1.165, 1.54) is 7.11 Å². The fraction of sp³-hybridized carbons (Fsp3) is 0.250. The van der Waals surface area contributed by atoms with Crippen molar-refractivity contribution < 1.29 is 18.9 Å². The van der Waals surface area contributed by atoms with E-state index in [2.05, 4.69) is 14.9 Å². The summed E-state index contributed by atoms with van der Waals surface area (Å²) in [5.74, 6) is 1.07. The van der Waals surface area contributed by atoms with Gasteiger partial charge in [-0.05, 0) is 25.1 Å². The number of methoxy groups -OCH3 is 1. The normalized spacial score (nSPS) is 10.1. The molecule has 0 N–H and O–H groups in total. The molecule has 0 bridgehead atoms. The zero-order valence-electron chi connectivity index (χ0n) is 10.0. The van der Waals surface area contributed by atoms with Crippen molar-refractivity contribution >= 4 is 6.29 Å². The van der Waals surface area contributed by atoms with Gasteiger partial charge in [0.05, 0.1) is 12.7 Å². The van der Waals surface area contributed by atoms with Crippen LogP contribution in [0, 0.1) is 6.92 Å². The number of ether oxygens (including phenoxy) is 2. The van der Waals surface area contributed by atoms with Gasteiger partial charge in [0.1, 0.15) is 29.5 Å². The lowest BCUT2D eigenvalue weighted by Gasteiger charge is -2.08. The molecule has 94 valence electrons. The van der Waals surface area contributed by atoms with E-state index < -0.39 is 0 Å². The summed E-state index contributed by atoms with van der Waals surface area (Å²) in [6.07, 6.45) is 0.714. The van der Waals surface area contributed by atoms with Crippen LogP contribution in [0.5, 0.6) is 11.5 Å². The second kappa shape index (κ2) is 5.31. The minimum absolute atomic E-state index is 0.197. The highest BCUT2D eigenvalue weighted by atomic mass is 16.6. The largest absolute Gasteiger partial charge is 0.497 e. The third-order valence-corrected chi connectivity index (χ3v) is 2.45. The molecule has 1 aromatic carbocycles. The van der Waals surface area contributed by atoms with E-state index in [1.807, 2.05) is 0 Å². The maximum atomic E-state index is 10.9. The van der Waals surface area contributed by atoms with Gasteiger partial charge in [0.2, 0.25) is 0 Å². The third-order valence-electron chi connectivity index (χ3n) is 2.45. The summed E-state index contributed by atoms with van der Waals surface area (Å²) in [6, 6.07) is 5.00. The minimum atomic E-state index is 0.197. The molecular formula is C12H12N2O4. The van der Waals surface area contributed by atoms with Gasteiger partial charge in [-0.15, -0.1) is 0 Å². The predicted octanol–water partition coefficient (Wildman–Crippen LogP) is 1.78. The summed E-state index contributed by atoms with van der Waals surface area (Å²) in [5.41, 5.74) is 1.68. The fourth-order valence-electron chi connectivity index (χ4n) is 1.40.